The van der Waals surface area contributed by atoms with Crippen molar-refractivity contribution in [1.29, 1.82) is 0 Å². The summed E-state index contributed by atoms with van der Waals surface area (Å²) in [7, 11) is 0. The number of benzene rings is 2. The summed E-state index contributed by atoms with van der Waals surface area (Å²) in [6.07, 6.45) is 1.87. The van der Waals surface area contributed by atoms with Crippen molar-refractivity contribution in [2.75, 3.05) is 18.4 Å². The normalized spacial score (nSPS) is 14.6. The Morgan fingerprint density at radius 2 is 1.46 bits per heavy atom. The minimum absolute atomic E-state index is 0.144. The molecular weight excluding hydrogens is 370 g/mol. The predicted molar refractivity (Wildman–Crippen MR) is 100.0 cm³/mol. The fourth-order valence-corrected chi connectivity index (χ4v) is 2.90. The number of rotatable bonds is 4. The van der Waals surface area contributed by atoms with E-state index in [1.165, 1.54) is 12.1 Å². The van der Waals surface area contributed by atoms with E-state index in [-0.39, 0.29) is 17.7 Å². The quantitative estimate of drug-likeness (QED) is 0.693. The Bertz CT molecular complexity index is 741. The van der Waals surface area contributed by atoms with Crippen LogP contribution in [-0.4, -0.2) is 46.2 Å². The van der Waals surface area contributed by atoms with Crippen LogP contribution in [0.1, 0.15) is 18.4 Å². The Hall–Kier alpha value is -3.00. The average Bonchev–Trinajstić information content (AvgIpc) is 2.67. The maximum atomic E-state index is 13.7. The summed E-state index contributed by atoms with van der Waals surface area (Å²) in [5.41, 5.74) is 1.30. The first-order valence-electron chi connectivity index (χ1n) is 8.80. The first kappa shape index (κ1) is 21.3. The van der Waals surface area contributed by atoms with E-state index in [0.717, 1.165) is 31.5 Å². The summed E-state index contributed by atoms with van der Waals surface area (Å²) >= 11 is 0. The highest BCUT2D eigenvalue weighted by molar-refractivity contribution is 6.27. The van der Waals surface area contributed by atoms with Gasteiger partial charge in [-0.15, -0.1) is 0 Å². The number of carboxylic acids is 2. The van der Waals surface area contributed by atoms with Crippen LogP contribution in [0, 0.1) is 11.6 Å². The molecule has 3 rings (SSSR count). The van der Waals surface area contributed by atoms with Gasteiger partial charge in [0.25, 0.3) is 0 Å². The zero-order valence-corrected chi connectivity index (χ0v) is 15.1. The third kappa shape index (κ3) is 6.62. The Morgan fingerprint density at radius 3 is 2.00 bits per heavy atom. The number of carbonyl (C=O) groups is 2. The van der Waals surface area contributed by atoms with E-state index >= 15 is 0 Å². The molecule has 2 aromatic carbocycles. The van der Waals surface area contributed by atoms with E-state index in [0.29, 0.717) is 12.2 Å². The topological polar surface area (TPSA) is 89.9 Å². The number of halogens is 2. The van der Waals surface area contributed by atoms with Crippen molar-refractivity contribution < 1.29 is 28.6 Å². The smallest absolute Gasteiger partial charge is 0.414 e. The molecule has 28 heavy (non-hydrogen) atoms. The average molecular weight is 392 g/mol. The third-order valence-electron chi connectivity index (χ3n) is 4.36. The van der Waals surface area contributed by atoms with Gasteiger partial charge in [0.05, 0.1) is 5.69 Å². The fraction of sp³-hybridized carbons (Fsp3) is 0.300. The predicted octanol–water partition coefficient (Wildman–Crippen LogP) is 3.20. The number of piperidine rings is 1. The van der Waals surface area contributed by atoms with E-state index in [9.17, 15) is 8.78 Å². The molecule has 0 bridgehead atoms. The number of aliphatic carboxylic acids is 2. The van der Waals surface area contributed by atoms with Gasteiger partial charge in [0, 0.05) is 31.2 Å². The minimum Gasteiger partial charge on any atom is -0.473 e. The highest BCUT2D eigenvalue weighted by atomic mass is 19.1. The highest BCUT2D eigenvalue weighted by Crippen LogP contribution is 2.20. The molecule has 3 N–H and O–H groups in total. The summed E-state index contributed by atoms with van der Waals surface area (Å²) in [5, 5.41) is 18.1. The van der Waals surface area contributed by atoms with E-state index in [4.69, 9.17) is 19.8 Å². The molecule has 1 fully saturated rings. The lowest BCUT2D eigenvalue weighted by molar-refractivity contribution is -0.159. The second-order valence-corrected chi connectivity index (χ2v) is 6.38. The van der Waals surface area contributed by atoms with Crippen molar-refractivity contribution in [3.05, 3.63) is 65.7 Å². The summed E-state index contributed by atoms with van der Waals surface area (Å²) in [6, 6.07) is 13.9. The molecule has 0 unspecified atom stereocenters. The molecule has 6 nitrogen and oxygen atoms in total. The van der Waals surface area contributed by atoms with Crippen LogP contribution < -0.4 is 5.32 Å². The summed E-state index contributed by atoms with van der Waals surface area (Å²) in [4.78, 5) is 20.4. The molecule has 0 atom stereocenters. The van der Waals surface area contributed by atoms with Gasteiger partial charge in [0.1, 0.15) is 11.6 Å². The van der Waals surface area contributed by atoms with Gasteiger partial charge in [0.15, 0.2) is 0 Å². The van der Waals surface area contributed by atoms with Crippen LogP contribution in [-0.2, 0) is 16.1 Å². The third-order valence-corrected chi connectivity index (χ3v) is 4.36. The molecule has 150 valence electrons. The zero-order valence-electron chi connectivity index (χ0n) is 15.1. The fourth-order valence-electron chi connectivity index (χ4n) is 2.90. The van der Waals surface area contributed by atoms with Crippen LogP contribution in [0.4, 0.5) is 14.5 Å². The van der Waals surface area contributed by atoms with Crippen LogP contribution in [0.3, 0.4) is 0 Å². The van der Waals surface area contributed by atoms with Crippen molar-refractivity contribution in [3.63, 3.8) is 0 Å². The maximum absolute atomic E-state index is 13.7. The molecule has 2 aromatic rings. The van der Waals surface area contributed by atoms with Gasteiger partial charge in [-0.05, 0) is 31.0 Å². The lowest BCUT2D eigenvalue weighted by Gasteiger charge is -2.33. The Morgan fingerprint density at radius 1 is 0.929 bits per heavy atom. The van der Waals surface area contributed by atoms with E-state index in [2.05, 4.69) is 10.2 Å². The van der Waals surface area contributed by atoms with Crippen LogP contribution >= 0.6 is 0 Å². The first-order chi connectivity index (χ1) is 13.4. The lowest BCUT2D eigenvalue weighted by Crippen LogP contribution is -2.38. The molecule has 8 heteroatoms. The number of hydrogen-bond donors (Lipinski definition) is 3. The number of likely N-dealkylation sites (tertiary alicyclic amines) is 1. The lowest BCUT2D eigenvalue weighted by atomic mass is 10.0. The van der Waals surface area contributed by atoms with Gasteiger partial charge < -0.3 is 15.5 Å². The molecule has 0 aliphatic carbocycles. The van der Waals surface area contributed by atoms with Gasteiger partial charge in [-0.3, -0.25) is 4.90 Å². The van der Waals surface area contributed by atoms with E-state index in [1.54, 1.807) is 18.2 Å². The van der Waals surface area contributed by atoms with Crippen molar-refractivity contribution in [2.24, 2.45) is 0 Å². The molecule has 0 radical (unpaired) electrons. The number of para-hydroxylation sites is 1. The van der Waals surface area contributed by atoms with Crippen molar-refractivity contribution >= 4 is 17.6 Å². The molecule has 0 saturated carbocycles. The molecular formula is C20H22F2N2O4. The van der Waals surface area contributed by atoms with Gasteiger partial charge in [-0.2, -0.15) is 0 Å². The Labute approximate surface area is 161 Å². The number of nitrogens with zero attached hydrogens (tertiary/aromatic N) is 1. The number of carboxylic acid groups (broad SMARTS) is 2. The summed E-state index contributed by atoms with van der Waals surface area (Å²) in [5.74, 6) is -4.00. The zero-order chi connectivity index (χ0) is 20.5. The van der Waals surface area contributed by atoms with E-state index in [1.807, 2.05) is 18.2 Å². The van der Waals surface area contributed by atoms with Crippen LogP contribution in [0.2, 0.25) is 0 Å². The molecule has 1 saturated heterocycles. The van der Waals surface area contributed by atoms with Crippen molar-refractivity contribution in [2.45, 2.75) is 25.4 Å². The van der Waals surface area contributed by atoms with E-state index < -0.39 is 11.9 Å². The monoisotopic (exact) mass is 392 g/mol. The number of anilines is 1. The standard InChI is InChI=1S/C18H20F2N2.C2H2O4/c19-16-6-2-1-5-14(16)13-22-11-9-15(10-12-22)21-18-8-4-3-7-17(18)20;3-1(4)2(5)6/h1-8,15,21H,9-13H2;(H,3,4)(H,5,6). The SMILES string of the molecule is Fc1ccccc1CN1CCC(Nc2ccccc2F)CC1.O=C(O)C(=O)O. The molecule has 0 amide bonds. The maximum Gasteiger partial charge on any atom is 0.414 e. The number of hydrogen-bond acceptors (Lipinski definition) is 4. The molecule has 1 heterocycles. The second kappa shape index (κ2) is 10.4. The van der Waals surface area contributed by atoms with Crippen molar-refractivity contribution in [3.8, 4) is 0 Å². The second-order valence-electron chi connectivity index (χ2n) is 6.38. The minimum atomic E-state index is -1.82. The first-order valence-corrected chi connectivity index (χ1v) is 8.80. The molecule has 1 aliphatic rings. The van der Waals surface area contributed by atoms with Crippen molar-refractivity contribution in [1.82, 2.24) is 4.90 Å². The molecule has 1 aliphatic heterocycles. The number of nitrogens with one attached hydrogen (secondary N) is 1. The van der Waals surface area contributed by atoms with Crippen LogP contribution in [0.15, 0.2) is 48.5 Å². The van der Waals surface area contributed by atoms with Crippen LogP contribution in [0.5, 0.6) is 0 Å². The van der Waals surface area contributed by atoms with Gasteiger partial charge >= 0.3 is 11.9 Å². The van der Waals surface area contributed by atoms with Crippen LogP contribution in [0.25, 0.3) is 0 Å². The van der Waals surface area contributed by atoms with Gasteiger partial charge in [-0.25, -0.2) is 18.4 Å². The largest absolute Gasteiger partial charge is 0.473 e. The van der Waals surface area contributed by atoms with Gasteiger partial charge in [0.2, 0.25) is 0 Å². The summed E-state index contributed by atoms with van der Waals surface area (Å²) in [6.45, 7) is 2.42. The Balaban J connectivity index is 0.000000409. The van der Waals surface area contributed by atoms with Gasteiger partial charge in [-0.1, -0.05) is 30.3 Å². The molecule has 0 aromatic heterocycles. The summed E-state index contributed by atoms with van der Waals surface area (Å²) < 4.78 is 27.3. The Kier molecular flexibility index (Phi) is 7.88. The highest BCUT2D eigenvalue weighted by Gasteiger charge is 2.20. The molecule has 0 spiro atoms.